The van der Waals surface area contributed by atoms with Gasteiger partial charge < -0.3 is 54.8 Å². The lowest BCUT2D eigenvalue weighted by Gasteiger charge is -2.41. The summed E-state index contributed by atoms with van der Waals surface area (Å²) in [6.07, 6.45) is 5.55. The Morgan fingerprint density at radius 2 is 1.73 bits per heavy atom. The molecule has 0 aromatic heterocycles. The number of methoxy groups -OCH3 is 2. The van der Waals surface area contributed by atoms with Gasteiger partial charge in [0, 0.05) is 63.9 Å². The van der Waals surface area contributed by atoms with Gasteiger partial charge in [-0.05, 0) is 120 Å². The number of epoxide rings is 1. The molecule has 4 bridgehead atoms. The number of nitrogens with zero attached hydrogens (tertiary/aromatic N) is 1. The van der Waals surface area contributed by atoms with E-state index in [4.69, 9.17) is 45.8 Å². The Morgan fingerprint density at radius 3 is 2.39 bits per heavy atom. The fraction of sp³-hybridized carbons (Fsp3) is 0.613. The van der Waals surface area contributed by atoms with Gasteiger partial charge in [-0.25, -0.2) is 9.59 Å². The van der Waals surface area contributed by atoms with Gasteiger partial charge in [-0.3, -0.25) is 34.1 Å². The minimum absolute atomic E-state index is 0.00349. The van der Waals surface area contributed by atoms with Gasteiger partial charge in [0.1, 0.15) is 46.1 Å². The number of unbranched alkanes of at least 4 members (excludes halogenated alkanes) is 1. The number of benzene rings is 2. The van der Waals surface area contributed by atoms with Gasteiger partial charge in [0.25, 0.3) is 0 Å². The fourth-order valence-corrected chi connectivity index (χ4v) is 11.6. The number of halogens is 1. The number of urea groups is 1. The number of hydrogen-bond donors (Lipinski definition) is 5. The molecule has 4 aliphatic rings. The van der Waals surface area contributed by atoms with Crippen LogP contribution in [0, 0.1) is 30.6 Å². The summed E-state index contributed by atoms with van der Waals surface area (Å²) in [5.74, 6) is -3.26. The molecule has 1 aliphatic carbocycles. The first-order chi connectivity index (χ1) is 39.2. The van der Waals surface area contributed by atoms with E-state index in [1.54, 1.807) is 70.3 Å². The largest absolute Gasteiger partial charge is 0.495 e. The van der Waals surface area contributed by atoms with Crippen LogP contribution < -0.4 is 31.3 Å². The monoisotopic (exact) mass is 1180 g/mol. The molecule has 6 N–H and O–H groups in total. The van der Waals surface area contributed by atoms with Gasteiger partial charge in [-0.15, -0.1) is 0 Å². The second kappa shape index (κ2) is 29.4. The topological polar surface area (TPSA) is 281 Å². The third-order valence-electron chi connectivity index (χ3n) is 16.7. The van der Waals surface area contributed by atoms with Crippen molar-refractivity contribution in [2.24, 2.45) is 29.4 Å². The normalized spacial score (nSPS) is 25.9. The van der Waals surface area contributed by atoms with Gasteiger partial charge in [0.2, 0.25) is 11.8 Å². The summed E-state index contributed by atoms with van der Waals surface area (Å²) in [6.45, 7) is 12.9. The molecule has 21 heteroatoms. The van der Waals surface area contributed by atoms with Crippen molar-refractivity contribution in [3.05, 3.63) is 75.8 Å². The van der Waals surface area contributed by atoms with Gasteiger partial charge in [-0.2, -0.15) is 0 Å². The van der Waals surface area contributed by atoms with E-state index in [1.807, 2.05) is 33.8 Å². The smallest absolute Gasteiger partial charge is 0.412 e. The predicted octanol–water partition coefficient (Wildman–Crippen LogP) is 8.50. The molecular formula is C62H86ClN5O15. The van der Waals surface area contributed by atoms with Crippen LogP contribution in [0.5, 0.6) is 5.75 Å². The highest BCUT2D eigenvalue weighted by atomic mass is 35.5. The van der Waals surface area contributed by atoms with Crippen molar-refractivity contribution in [3.63, 3.8) is 0 Å². The number of aliphatic hydroxyl groups is 1. The molecule has 5 amide bonds. The number of fused-ring (bicyclic) bond motifs is 5. The van der Waals surface area contributed by atoms with E-state index in [9.17, 15) is 43.5 Å². The van der Waals surface area contributed by atoms with Gasteiger partial charge in [0.05, 0.1) is 49.8 Å². The molecule has 1 saturated carbocycles. The molecule has 83 heavy (non-hydrogen) atoms. The van der Waals surface area contributed by atoms with E-state index >= 15 is 0 Å². The number of ketones is 2. The Kier molecular flexibility index (Phi) is 23.3. The Balaban J connectivity index is 1.15. The summed E-state index contributed by atoms with van der Waals surface area (Å²) in [4.78, 5) is 108. The molecule has 0 radical (unpaired) electrons. The Labute approximate surface area is 492 Å². The fourth-order valence-electron chi connectivity index (χ4n) is 11.3. The molecule has 10 atom stereocenters. The number of hydrogen-bond acceptors (Lipinski definition) is 15. The highest BCUT2D eigenvalue weighted by Crippen LogP contribution is 2.50. The molecule has 3 fully saturated rings. The first-order valence-electron chi connectivity index (χ1n) is 29.0. The molecule has 3 aliphatic heterocycles. The summed E-state index contributed by atoms with van der Waals surface area (Å²) in [5, 5.41) is 20.4. The van der Waals surface area contributed by atoms with Crippen LogP contribution in [0.2, 0.25) is 5.02 Å². The van der Waals surface area contributed by atoms with Crippen molar-refractivity contribution in [3.8, 4) is 5.75 Å². The number of allylic oxidation sites excluding steroid dienone is 3. The molecule has 0 spiro atoms. The van der Waals surface area contributed by atoms with Crippen LogP contribution in [0.3, 0.4) is 0 Å². The summed E-state index contributed by atoms with van der Waals surface area (Å²) in [5.41, 5.74) is 5.87. The molecule has 3 heterocycles. The minimum Gasteiger partial charge on any atom is -0.495 e. The van der Waals surface area contributed by atoms with Crippen LogP contribution in [0.15, 0.2) is 54.1 Å². The van der Waals surface area contributed by atoms with Crippen molar-refractivity contribution >= 4 is 70.4 Å². The number of carbonyl (C=O) groups excluding carboxylic acids is 8. The molecule has 6 rings (SSSR count). The third kappa shape index (κ3) is 17.8. The van der Waals surface area contributed by atoms with Crippen LogP contribution in [-0.4, -0.2) is 128 Å². The van der Waals surface area contributed by atoms with Crippen LogP contribution >= 0.6 is 11.6 Å². The third-order valence-corrected chi connectivity index (χ3v) is 17.1. The summed E-state index contributed by atoms with van der Waals surface area (Å²) in [7, 11) is 4.49. The number of rotatable bonds is 23. The Hall–Kier alpha value is -6.35. The molecule has 20 nitrogen and oxygen atoms in total. The van der Waals surface area contributed by atoms with Crippen LogP contribution in [-0.2, 0) is 65.3 Å². The quantitative estimate of drug-likeness (QED) is 0.0302. The van der Waals surface area contributed by atoms with Crippen LogP contribution in [0.25, 0.3) is 0 Å². The zero-order valence-corrected chi connectivity index (χ0v) is 50.5. The second-order valence-corrected chi connectivity index (χ2v) is 24.0. The summed E-state index contributed by atoms with van der Waals surface area (Å²) in [6, 6.07) is 6.84. The summed E-state index contributed by atoms with van der Waals surface area (Å²) < 4.78 is 35.3. The number of nitrogens with two attached hydrogens (primary N) is 1. The van der Waals surface area contributed by atoms with Crippen molar-refractivity contribution in [1.82, 2.24) is 10.6 Å². The van der Waals surface area contributed by atoms with E-state index in [0.29, 0.717) is 60.4 Å². The number of anilines is 2. The minimum atomic E-state index is -1.64. The van der Waals surface area contributed by atoms with E-state index in [2.05, 4.69) is 16.0 Å². The Bertz CT molecular complexity index is 2760. The first-order valence-corrected chi connectivity index (χ1v) is 29.4. The number of ether oxygens (including phenoxy) is 6. The van der Waals surface area contributed by atoms with E-state index in [1.165, 1.54) is 19.1 Å². The molecular weight excluding hydrogens is 1090 g/mol. The van der Waals surface area contributed by atoms with E-state index in [0.717, 1.165) is 30.4 Å². The maximum absolute atomic E-state index is 14.5. The van der Waals surface area contributed by atoms with Gasteiger partial charge in [0.15, 0.2) is 5.78 Å². The molecule has 2 aromatic rings. The highest BCUT2D eigenvalue weighted by molar-refractivity contribution is 6.35. The van der Waals surface area contributed by atoms with Gasteiger partial charge >= 0.3 is 24.1 Å². The number of carbonyl (C=O) groups is 8. The molecule has 2 saturated heterocycles. The average molecular weight is 1180 g/mol. The van der Waals surface area contributed by atoms with Crippen LogP contribution in [0.4, 0.5) is 21.0 Å². The standard InChI is InChI=1S/C62H86ClN5O15/c1-35(2)44(31-43(69)20-12-11-17-38(5)80-58(74)42-18-14-19-42)57(73)66-46(21-15-25-65-59(64)75)48(70)29-40-23-24-45(37(4)27-40)67-60(76)82-52-32-53(71)68(8)47-28-41(30-49(78-9)55(47)63)26-36(3)16-13-22-51(79-10)62(77)33-50(81-54(72)34-62)39(6)56-61(52,7)83-56/h13,16,22-24,27-28,30,35,38-39,42,44,46,50-52,56,77H,11-12,14-15,17-21,25-26,29,31-34H2,1-10H3,(H,66,73)(H,67,76)(H3,64,65,75)/b22-13+,36-16+/t38?,39-,44+,46+,50+,51-,52+,56+,61+,62-/m1/s1. The number of Topliss-reactive ketones (excluding diaryl/α,β-unsaturated/α-hetero) is 2. The number of amides is 5. The molecule has 1 unspecified atom stereocenters. The zero-order chi connectivity index (χ0) is 60.9. The number of aryl methyl sites for hydroxylation is 1. The SMILES string of the molecule is COc1cc2cc(c1Cl)N(C)C(=O)C[C@H](OC(=O)Nc1ccc(CC(=O)[C@H](CCCNC(N)=O)NC(=O)[C@@H](CC(=O)CCCCC(C)OC(=O)C3CCC3)C(C)C)cc1C)[C@]1(C)O[C@H]1[C@H](C)[C@@H]1C[C@@](O)(CC(=O)O1)[C@H](OC)/C=C/C=C(\C)C2. The lowest BCUT2D eigenvalue weighted by Crippen LogP contribution is -2.53. The summed E-state index contributed by atoms with van der Waals surface area (Å²) >= 11 is 6.86. The van der Waals surface area contributed by atoms with E-state index in [-0.39, 0.29) is 92.0 Å². The zero-order valence-electron chi connectivity index (χ0n) is 49.8. The predicted molar refractivity (Wildman–Crippen MR) is 312 cm³/mol. The number of esters is 2. The molecule has 2 aromatic carbocycles. The maximum atomic E-state index is 14.5. The van der Waals surface area contributed by atoms with Gasteiger partial charge in [-0.1, -0.05) is 74.7 Å². The lowest BCUT2D eigenvalue weighted by molar-refractivity contribution is -0.187. The van der Waals surface area contributed by atoms with Crippen LogP contribution in [0.1, 0.15) is 142 Å². The number of primary amides is 1. The van der Waals surface area contributed by atoms with Crippen molar-refractivity contribution < 1.29 is 71.9 Å². The maximum Gasteiger partial charge on any atom is 0.412 e. The van der Waals surface area contributed by atoms with Crippen molar-refractivity contribution in [2.45, 2.75) is 193 Å². The second-order valence-electron chi connectivity index (χ2n) is 23.6. The highest BCUT2D eigenvalue weighted by Gasteiger charge is 2.64. The lowest BCUT2D eigenvalue weighted by atomic mass is 9.78. The number of nitrogens with one attached hydrogen (secondary N) is 3. The molecule has 456 valence electrons. The van der Waals surface area contributed by atoms with E-state index < -0.39 is 83.4 Å². The Morgan fingerprint density at radius 1 is 1.00 bits per heavy atom. The first kappa shape index (κ1) is 65.8. The average Bonchev–Trinajstić information content (AvgIpc) is 4.13. The van der Waals surface area contributed by atoms with Crippen molar-refractivity contribution in [2.75, 3.05) is 38.0 Å². The van der Waals surface area contributed by atoms with Crippen molar-refractivity contribution in [1.29, 1.82) is 0 Å².